The molecule has 0 amide bonds. The molecule has 0 saturated carbocycles. The van der Waals surface area contributed by atoms with E-state index in [1.807, 2.05) is 0 Å². The van der Waals surface area contributed by atoms with Gasteiger partial charge in [-0.1, -0.05) is 18.2 Å². The fourth-order valence-corrected chi connectivity index (χ4v) is 6.04. The molecular formula is C24H32N3O10P. The first kappa shape index (κ1) is 28.2. The highest BCUT2D eigenvalue weighted by Crippen LogP contribution is 2.51. The van der Waals surface area contributed by atoms with Gasteiger partial charge in [-0.05, 0) is 39.8 Å². The largest absolute Gasteiger partial charge is 0.462 e. The van der Waals surface area contributed by atoms with Gasteiger partial charge in [0.2, 0.25) is 0 Å². The normalized spacial score (nSPS) is 29.0. The summed E-state index contributed by atoms with van der Waals surface area (Å²) < 4.78 is 43.7. The summed E-state index contributed by atoms with van der Waals surface area (Å²) in [4.78, 5) is 38.5. The number of ether oxygens (including phenoxy) is 3. The summed E-state index contributed by atoms with van der Waals surface area (Å²) >= 11 is 0. The van der Waals surface area contributed by atoms with E-state index >= 15 is 0 Å². The predicted molar refractivity (Wildman–Crippen MR) is 134 cm³/mol. The van der Waals surface area contributed by atoms with Gasteiger partial charge in [0.05, 0.1) is 18.8 Å². The average molecular weight is 554 g/mol. The van der Waals surface area contributed by atoms with Crippen molar-refractivity contribution in [2.75, 3.05) is 6.61 Å². The summed E-state index contributed by atoms with van der Waals surface area (Å²) in [5.41, 5.74) is -2.77. The first-order valence-corrected chi connectivity index (χ1v) is 13.8. The highest BCUT2D eigenvalue weighted by Gasteiger charge is 2.61. The number of aromatic amines is 1. The van der Waals surface area contributed by atoms with Gasteiger partial charge in [0, 0.05) is 18.7 Å². The quantitative estimate of drug-likeness (QED) is 0.288. The van der Waals surface area contributed by atoms with Crippen LogP contribution in [0.1, 0.15) is 40.3 Å². The molecule has 4 rings (SSSR count). The molecule has 3 heterocycles. The maximum absolute atomic E-state index is 13.9. The van der Waals surface area contributed by atoms with Crippen LogP contribution in [-0.4, -0.2) is 63.3 Å². The third-order valence-corrected chi connectivity index (χ3v) is 7.76. The van der Waals surface area contributed by atoms with Crippen molar-refractivity contribution in [2.45, 2.75) is 76.4 Å². The lowest BCUT2D eigenvalue weighted by Gasteiger charge is -2.39. The van der Waals surface area contributed by atoms with Gasteiger partial charge < -0.3 is 23.8 Å². The molecule has 2 saturated heterocycles. The first-order chi connectivity index (χ1) is 17.9. The van der Waals surface area contributed by atoms with Crippen LogP contribution >= 0.6 is 7.75 Å². The molecule has 1 aromatic heterocycles. The number of aromatic nitrogens is 2. The van der Waals surface area contributed by atoms with E-state index in [0.717, 1.165) is 10.6 Å². The van der Waals surface area contributed by atoms with Crippen molar-refractivity contribution in [3.8, 4) is 5.75 Å². The number of fused-ring (bicyclic) bond motifs is 2. The van der Waals surface area contributed by atoms with E-state index in [4.69, 9.17) is 23.3 Å². The van der Waals surface area contributed by atoms with Gasteiger partial charge in [0.1, 0.15) is 29.6 Å². The average Bonchev–Trinajstić information content (AvgIpc) is 2.99. The van der Waals surface area contributed by atoms with Crippen LogP contribution < -0.4 is 20.9 Å². The molecule has 1 aromatic carbocycles. The number of hydrogen-bond acceptors (Lipinski definition) is 10. The van der Waals surface area contributed by atoms with E-state index < -0.39 is 73.9 Å². The number of nitrogens with zero attached hydrogens (tertiary/aromatic N) is 1. The molecular weight excluding hydrogens is 521 g/mol. The van der Waals surface area contributed by atoms with E-state index in [1.165, 1.54) is 13.1 Å². The van der Waals surface area contributed by atoms with Crippen molar-refractivity contribution in [3.05, 3.63) is 63.4 Å². The zero-order valence-corrected chi connectivity index (χ0v) is 22.3. The minimum Gasteiger partial charge on any atom is -0.462 e. The van der Waals surface area contributed by atoms with Crippen molar-refractivity contribution >= 4 is 13.7 Å². The fraction of sp³-hybridized carbons (Fsp3) is 0.542. The Morgan fingerprint density at radius 3 is 2.63 bits per heavy atom. The number of carbonyl (C=O) groups is 1. The standard InChI is InChI=1S/C24H32N3O10P/c1-14(2)34-22(30)16(4)26-38(32,37-17-8-6-5-7-9-17)33-13-24-12-15(3)35-19(20(24)29)21(36-24)27-11-10-18(28)25-23(27)31/h5-11,14-16,19-21,29H,12-13H2,1-4H3,(H,26,32)(H,25,28,31)/t15-,16-,19+,20-,21+,24+,38-/m0/s1. The van der Waals surface area contributed by atoms with Crippen LogP contribution in [0.25, 0.3) is 0 Å². The van der Waals surface area contributed by atoms with E-state index in [-0.39, 0.29) is 12.2 Å². The maximum atomic E-state index is 13.9. The van der Waals surface area contributed by atoms with Crippen LogP contribution in [0.15, 0.2) is 52.2 Å². The van der Waals surface area contributed by atoms with E-state index in [0.29, 0.717) is 0 Å². The molecule has 13 nitrogen and oxygen atoms in total. The van der Waals surface area contributed by atoms with Crippen LogP contribution in [0.4, 0.5) is 0 Å². The number of aliphatic hydroxyl groups excluding tert-OH is 1. The highest BCUT2D eigenvalue weighted by atomic mass is 31.2. The number of aliphatic hydroxyl groups is 1. The van der Waals surface area contributed by atoms with Gasteiger partial charge in [0.25, 0.3) is 5.56 Å². The predicted octanol–water partition coefficient (Wildman–Crippen LogP) is 1.48. The highest BCUT2D eigenvalue weighted by molar-refractivity contribution is 7.52. The molecule has 2 aromatic rings. The minimum atomic E-state index is -4.25. The molecule has 0 aliphatic carbocycles. The zero-order valence-electron chi connectivity index (χ0n) is 21.4. The van der Waals surface area contributed by atoms with Gasteiger partial charge in [-0.25, -0.2) is 9.36 Å². The van der Waals surface area contributed by atoms with Crippen LogP contribution in [0.3, 0.4) is 0 Å². The number of rotatable bonds is 10. The summed E-state index contributed by atoms with van der Waals surface area (Å²) in [5, 5.41) is 13.8. The molecule has 38 heavy (non-hydrogen) atoms. The Labute approximate surface area is 218 Å². The van der Waals surface area contributed by atoms with Crippen molar-refractivity contribution in [2.24, 2.45) is 0 Å². The van der Waals surface area contributed by atoms with Crippen LogP contribution in [-0.2, 0) is 28.1 Å². The van der Waals surface area contributed by atoms with Crippen molar-refractivity contribution in [3.63, 3.8) is 0 Å². The lowest BCUT2D eigenvalue weighted by molar-refractivity contribution is -0.158. The molecule has 14 heteroatoms. The Morgan fingerprint density at radius 1 is 1.26 bits per heavy atom. The third-order valence-electron chi connectivity index (χ3n) is 6.14. The van der Waals surface area contributed by atoms with Gasteiger partial charge in [-0.2, -0.15) is 5.09 Å². The van der Waals surface area contributed by atoms with E-state index in [2.05, 4.69) is 10.1 Å². The summed E-state index contributed by atoms with van der Waals surface area (Å²) in [5.74, 6) is -0.442. The number of carbonyl (C=O) groups excluding carboxylic acids is 1. The SMILES string of the molecule is CC(C)OC(=O)[C@H](C)N[P@](=O)(OC[C@@]12C[C@H](C)O[C@@H]([C@H](n3ccc(=O)[nH]c3=O)O1)[C@@H]2O)Oc1ccccc1. The molecule has 208 valence electrons. The first-order valence-electron chi connectivity index (χ1n) is 12.2. The Balaban J connectivity index is 1.60. The zero-order chi connectivity index (χ0) is 27.7. The van der Waals surface area contributed by atoms with Crippen LogP contribution in [0.5, 0.6) is 5.75 Å². The van der Waals surface area contributed by atoms with E-state index in [1.54, 1.807) is 51.1 Å². The van der Waals surface area contributed by atoms with Crippen molar-refractivity contribution in [1.82, 2.24) is 14.6 Å². The Bertz CT molecular complexity index is 1300. The number of esters is 1. The Kier molecular flexibility index (Phi) is 8.26. The van der Waals surface area contributed by atoms with Crippen molar-refractivity contribution in [1.29, 1.82) is 0 Å². The molecule has 7 atom stereocenters. The topological polar surface area (TPSA) is 167 Å². The smallest absolute Gasteiger partial charge is 0.459 e. The molecule has 2 aliphatic heterocycles. The second-order valence-corrected chi connectivity index (χ2v) is 11.4. The number of H-pyrrole nitrogens is 1. The second kappa shape index (κ2) is 11.1. The van der Waals surface area contributed by atoms with Gasteiger partial charge in [-0.15, -0.1) is 0 Å². The summed E-state index contributed by atoms with van der Waals surface area (Å²) in [6.45, 7) is 6.16. The summed E-state index contributed by atoms with van der Waals surface area (Å²) in [6.07, 6.45) is -2.78. The Morgan fingerprint density at radius 2 is 1.97 bits per heavy atom. The van der Waals surface area contributed by atoms with Gasteiger partial charge >= 0.3 is 19.4 Å². The molecule has 3 N–H and O–H groups in total. The molecule has 0 unspecified atom stereocenters. The number of nitrogens with one attached hydrogen (secondary N) is 2. The maximum Gasteiger partial charge on any atom is 0.459 e. The fourth-order valence-electron chi connectivity index (χ4n) is 4.50. The lowest BCUT2D eigenvalue weighted by atomic mass is 9.87. The lowest BCUT2D eigenvalue weighted by Crippen LogP contribution is -2.54. The van der Waals surface area contributed by atoms with E-state index in [9.17, 15) is 24.1 Å². The third kappa shape index (κ3) is 6.09. The molecule has 2 bridgehead atoms. The summed E-state index contributed by atoms with van der Waals surface area (Å²) in [6, 6.07) is 8.33. The number of benzene rings is 1. The second-order valence-electron chi connectivity index (χ2n) is 9.66. The van der Waals surface area contributed by atoms with Crippen LogP contribution in [0.2, 0.25) is 0 Å². The number of hydrogen-bond donors (Lipinski definition) is 3. The number of para-hydroxylation sites is 1. The molecule has 0 radical (unpaired) electrons. The monoisotopic (exact) mass is 553 g/mol. The molecule has 0 spiro atoms. The molecule has 2 aliphatic rings. The molecule has 2 fully saturated rings. The van der Waals surface area contributed by atoms with Crippen LogP contribution in [0, 0.1) is 0 Å². The minimum absolute atomic E-state index is 0.134. The summed E-state index contributed by atoms with van der Waals surface area (Å²) in [7, 11) is -4.25. The van der Waals surface area contributed by atoms with Crippen molar-refractivity contribution < 1.29 is 37.7 Å². The Hall–Kier alpha value is -2.80. The van der Waals surface area contributed by atoms with Gasteiger partial charge in [0.15, 0.2) is 6.23 Å². The van der Waals surface area contributed by atoms with Gasteiger partial charge in [-0.3, -0.25) is 23.7 Å².